The Morgan fingerprint density at radius 1 is 0.370 bits per heavy atom. The second-order valence-corrected chi connectivity index (χ2v) is 6.74. The van der Waals surface area contributed by atoms with E-state index in [9.17, 15) is 74.6 Å². The van der Waals surface area contributed by atoms with Gasteiger partial charge in [0, 0.05) is 0 Å². The Morgan fingerprint density at radius 2 is 0.593 bits per heavy atom. The Bertz CT molecular complexity index is 548. The molecule has 0 N–H and O–H groups in total. The Hall–Kier alpha value is -0.381. The predicted molar refractivity (Wildman–Crippen MR) is 52.3 cm³/mol. The molecule has 0 aliphatic rings. The zero-order valence-corrected chi connectivity index (χ0v) is 13.7. The maximum atomic E-state index is 13.0. The molecule has 0 fully saturated rings. The summed E-state index contributed by atoms with van der Waals surface area (Å²) in [4.78, 5) is -6.44. The van der Waals surface area contributed by atoms with Gasteiger partial charge in [0.05, 0.1) is 0 Å². The molecular formula is C8ClF17Se. The molecule has 164 valence electrons. The fraction of sp³-hybridized carbons (Fsp3) is 1.00. The zero-order valence-electron chi connectivity index (χ0n) is 11.2. The van der Waals surface area contributed by atoms with Crippen molar-refractivity contribution in [2.24, 2.45) is 0 Å². The van der Waals surface area contributed by atoms with E-state index in [0.29, 0.717) is 0 Å². The third kappa shape index (κ3) is 3.32. The second kappa shape index (κ2) is 6.57. The van der Waals surface area contributed by atoms with Gasteiger partial charge in [0.2, 0.25) is 0 Å². The van der Waals surface area contributed by atoms with Crippen molar-refractivity contribution >= 4 is 24.1 Å². The average Bonchev–Trinajstić information content (AvgIpc) is 2.44. The van der Waals surface area contributed by atoms with E-state index in [1.54, 1.807) is 0 Å². The summed E-state index contributed by atoms with van der Waals surface area (Å²) in [6.45, 7) is 0. The fourth-order valence-corrected chi connectivity index (χ4v) is 2.17. The maximum absolute atomic E-state index is 13.0. The Balaban J connectivity index is 6.65. The molecule has 27 heavy (non-hydrogen) atoms. The number of hydrogen-bond acceptors (Lipinski definition) is 0. The van der Waals surface area contributed by atoms with Crippen LogP contribution in [0.3, 0.4) is 0 Å². The molecule has 0 radical (unpaired) electrons. The minimum atomic E-state index is -8.60. The fourth-order valence-electron chi connectivity index (χ4n) is 1.20. The van der Waals surface area contributed by atoms with E-state index in [4.69, 9.17) is 0 Å². The topological polar surface area (TPSA) is 0 Å². The third-order valence-electron chi connectivity index (χ3n) is 2.79. The molecule has 0 saturated carbocycles. The van der Waals surface area contributed by atoms with Crippen LogP contribution in [0.15, 0.2) is 0 Å². The number of alkyl halides is 17. The van der Waals surface area contributed by atoms with Crippen LogP contribution in [0.1, 0.15) is 0 Å². The van der Waals surface area contributed by atoms with Gasteiger partial charge in [-0.15, -0.1) is 0 Å². The van der Waals surface area contributed by atoms with Crippen LogP contribution in [0.25, 0.3) is 0 Å². The monoisotopic (exact) mass is 534 g/mol. The Labute approximate surface area is 146 Å². The molecule has 0 aliphatic carbocycles. The van der Waals surface area contributed by atoms with E-state index >= 15 is 0 Å². The summed E-state index contributed by atoms with van der Waals surface area (Å²) < 4.78 is 215. The van der Waals surface area contributed by atoms with Gasteiger partial charge < -0.3 is 0 Å². The zero-order chi connectivity index (χ0) is 22.7. The summed E-state index contributed by atoms with van der Waals surface area (Å²) in [6, 6.07) is 0. The molecule has 0 nitrogen and oxygen atoms in total. The molecule has 0 heterocycles. The molecule has 0 saturated heterocycles. The summed E-state index contributed by atoms with van der Waals surface area (Å²) in [7, 11) is 4.12. The molecule has 0 atom stereocenters. The van der Waals surface area contributed by atoms with E-state index < -0.39 is 60.6 Å². The minimum absolute atomic E-state index is 3.58. The van der Waals surface area contributed by atoms with Gasteiger partial charge in [0.1, 0.15) is 0 Å². The van der Waals surface area contributed by atoms with E-state index in [0.717, 1.165) is 0 Å². The first-order chi connectivity index (χ1) is 11.3. The number of hydrogen-bond donors (Lipinski definition) is 0. The van der Waals surface area contributed by atoms with E-state index in [1.807, 2.05) is 0 Å². The van der Waals surface area contributed by atoms with Gasteiger partial charge in [-0.1, -0.05) is 0 Å². The van der Waals surface area contributed by atoms with E-state index in [2.05, 4.69) is 10.1 Å². The second-order valence-electron chi connectivity index (χ2n) is 4.54. The molecule has 0 amide bonds. The Kier molecular flexibility index (Phi) is 6.48. The summed E-state index contributed by atoms with van der Waals surface area (Å²) in [5.74, 6) is -49.7. The summed E-state index contributed by atoms with van der Waals surface area (Å²) in [6.07, 6.45) is -7.75. The average molecular weight is 533 g/mol. The first kappa shape index (κ1) is 26.6. The number of rotatable bonds is 7. The molecule has 0 aromatic rings. The van der Waals surface area contributed by atoms with Crippen molar-refractivity contribution in [2.45, 2.75) is 46.5 Å². The predicted octanol–water partition coefficient (Wildman–Crippen LogP) is 5.81. The van der Waals surface area contributed by atoms with Gasteiger partial charge >= 0.3 is 145 Å². The van der Waals surface area contributed by atoms with Crippen molar-refractivity contribution in [2.75, 3.05) is 0 Å². The van der Waals surface area contributed by atoms with Crippen molar-refractivity contribution < 1.29 is 74.6 Å². The van der Waals surface area contributed by atoms with Gasteiger partial charge in [-0.25, -0.2) is 0 Å². The van der Waals surface area contributed by atoms with Gasteiger partial charge in [-0.3, -0.25) is 0 Å². The van der Waals surface area contributed by atoms with Crippen LogP contribution in [0.2, 0.25) is 0 Å². The van der Waals surface area contributed by atoms with Crippen LogP contribution in [0.4, 0.5) is 74.6 Å². The van der Waals surface area contributed by atoms with Crippen LogP contribution in [0.5, 0.6) is 0 Å². The number of halogens is 18. The molecule has 0 spiro atoms. The first-order valence-electron chi connectivity index (χ1n) is 5.32. The molecule has 0 bridgehead atoms. The standard InChI is InChI=1S/C8ClF17Se/c9-27-8(25,26)6(20,21)4(16,17)2(12,13)1(10,11)3(14,15)5(18,19)7(22,23)24. The summed E-state index contributed by atoms with van der Waals surface area (Å²) in [5.41, 5.74) is 0. The van der Waals surface area contributed by atoms with Gasteiger partial charge in [-0.05, 0) is 0 Å². The Morgan fingerprint density at radius 3 is 0.815 bits per heavy atom. The van der Waals surface area contributed by atoms with Crippen molar-refractivity contribution in [1.29, 1.82) is 0 Å². The van der Waals surface area contributed by atoms with E-state index in [1.165, 1.54) is 0 Å². The molecule has 0 unspecified atom stereocenters. The molecule has 19 heteroatoms. The van der Waals surface area contributed by atoms with Crippen LogP contribution in [-0.4, -0.2) is 60.6 Å². The van der Waals surface area contributed by atoms with E-state index in [-0.39, 0.29) is 0 Å². The van der Waals surface area contributed by atoms with Gasteiger partial charge in [0.25, 0.3) is 0 Å². The quantitative estimate of drug-likeness (QED) is 0.286. The van der Waals surface area contributed by atoms with Crippen LogP contribution in [-0.2, 0) is 0 Å². The van der Waals surface area contributed by atoms with Crippen LogP contribution >= 0.6 is 10.1 Å². The molecular weight excluding hydrogens is 533 g/mol. The normalized spacial score (nSPS) is 16.7. The van der Waals surface area contributed by atoms with Crippen LogP contribution in [0, 0.1) is 0 Å². The molecule has 0 aromatic heterocycles. The first-order valence-corrected chi connectivity index (χ1v) is 8.43. The van der Waals surface area contributed by atoms with Crippen LogP contribution < -0.4 is 0 Å². The summed E-state index contributed by atoms with van der Waals surface area (Å²) in [5, 5.41) is 0. The molecule has 0 aromatic carbocycles. The van der Waals surface area contributed by atoms with Crippen molar-refractivity contribution in [1.82, 2.24) is 0 Å². The van der Waals surface area contributed by atoms with Crippen molar-refractivity contribution in [3.63, 3.8) is 0 Å². The van der Waals surface area contributed by atoms with Gasteiger partial charge in [-0.2, -0.15) is 0 Å². The molecule has 0 aliphatic heterocycles. The SMILES string of the molecule is FC(F)(F)C(F)(F)C(F)(F)C(F)(F)C(F)(F)C(F)(F)C(F)(F)C(F)(F)[Se]Cl. The van der Waals surface area contributed by atoms with Crippen molar-refractivity contribution in [3.8, 4) is 0 Å². The van der Waals surface area contributed by atoms with Gasteiger partial charge in [0.15, 0.2) is 0 Å². The van der Waals surface area contributed by atoms with Crippen molar-refractivity contribution in [3.05, 3.63) is 0 Å². The molecule has 0 rings (SSSR count). The third-order valence-corrected chi connectivity index (χ3v) is 4.74. The summed E-state index contributed by atoms with van der Waals surface area (Å²) >= 11 is -3.58.